The van der Waals surface area contributed by atoms with Gasteiger partial charge in [0.25, 0.3) is 11.8 Å². The Morgan fingerprint density at radius 2 is 1.79 bits per heavy atom. The fourth-order valence-corrected chi connectivity index (χ4v) is 4.37. The standard InChI is InChI=1S/C21H26N4O4/c1-21(22)8-6-13(7-9-21)23-11-12-2-3-14-15(10-12)20(29)25(19(14)28)16-4-5-17(26)24-18(16)27/h2-3,10,13,16,23H,4-9,11,22H2,1H3,(H,24,26,27). The molecule has 3 aliphatic rings. The number of amides is 4. The second-order valence-electron chi connectivity index (χ2n) is 8.64. The van der Waals surface area contributed by atoms with E-state index in [1.165, 1.54) is 0 Å². The molecule has 4 rings (SSSR count). The number of imide groups is 2. The Bertz CT molecular complexity index is 885. The third-order valence-electron chi connectivity index (χ3n) is 6.23. The largest absolute Gasteiger partial charge is 0.325 e. The molecule has 1 atom stereocenters. The fraction of sp³-hybridized carbons (Fsp3) is 0.524. The van der Waals surface area contributed by atoms with Gasteiger partial charge < -0.3 is 11.1 Å². The number of piperidine rings is 1. The van der Waals surface area contributed by atoms with Gasteiger partial charge in [0.2, 0.25) is 11.8 Å². The lowest BCUT2D eigenvalue weighted by Crippen LogP contribution is -2.54. The first-order chi connectivity index (χ1) is 13.7. The Hall–Kier alpha value is -2.58. The molecule has 4 N–H and O–H groups in total. The van der Waals surface area contributed by atoms with Gasteiger partial charge in [0.15, 0.2) is 0 Å². The maximum absolute atomic E-state index is 12.9. The quantitative estimate of drug-likeness (QED) is 0.646. The number of carbonyl (C=O) groups is 4. The van der Waals surface area contributed by atoms with Crippen molar-refractivity contribution in [1.82, 2.24) is 15.5 Å². The molecule has 0 spiro atoms. The van der Waals surface area contributed by atoms with Crippen molar-refractivity contribution in [3.63, 3.8) is 0 Å². The van der Waals surface area contributed by atoms with Crippen LogP contribution in [0.15, 0.2) is 18.2 Å². The first-order valence-corrected chi connectivity index (χ1v) is 10.1. The Morgan fingerprint density at radius 3 is 2.48 bits per heavy atom. The van der Waals surface area contributed by atoms with Crippen LogP contribution in [0.25, 0.3) is 0 Å². The molecule has 0 aromatic heterocycles. The number of fused-ring (bicyclic) bond motifs is 1. The molecule has 2 heterocycles. The molecule has 0 radical (unpaired) electrons. The highest BCUT2D eigenvalue weighted by Gasteiger charge is 2.44. The van der Waals surface area contributed by atoms with Crippen molar-refractivity contribution in [1.29, 1.82) is 0 Å². The van der Waals surface area contributed by atoms with Crippen LogP contribution in [0.3, 0.4) is 0 Å². The van der Waals surface area contributed by atoms with Crippen LogP contribution in [0.1, 0.15) is 71.7 Å². The number of benzene rings is 1. The minimum atomic E-state index is -0.936. The average Bonchev–Trinajstić information content (AvgIpc) is 2.92. The third-order valence-corrected chi connectivity index (χ3v) is 6.23. The smallest absolute Gasteiger partial charge is 0.262 e. The number of hydrogen-bond acceptors (Lipinski definition) is 6. The van der Waals surface area contributed by atoms with E-state index in [0.29, 0.717) is 23.7 Å². The SMILES string of the molecule is CC1(N)CCC(NCc2ccc3c(c2)C(=O)N(C2CCC(=O)NC2=O)C3=O)CC1. The number of rotatable bonds is 4. The Morgan fingerprint density at radius 1 is 1.10 bits per heavy atom. The molecule has 0 bridgehead atoms. The van der Waals surface area contributed by atoms with Crippen molar-refractivity contribution in [2.24, 2.45) is 5.73 Å². The molecule has 1 saturated heterocycles. The minimum absolute atomic E-state index is 0.0853. The van der Waals surface area contributed by atoms with E-state index in [2.05, 4.69) is 17.6 Å². The van der Waals surface area contributed by atoms with Crippen LogP contribution in [0.5, 0.6) is 0 Å². The summed E-state index contributed by atoms with van der Waals surface area (Å²) in [6, 6.07) is 4.66. The molecule has 1 saturated carbocycles. The summed E-state index contributed by atoms with van der Waals surface area (Å²) in [7, 11) is 0. The second-order valence-corrected chi connectivity index (χ2v) is 8.64. The Balaban J connectivity index is 1.44. The molecule has 1 aliphatic carbocycles. The van der Waals surface area contributed by atoms with Gasteiger partial charge in [-0.25, -0.2) is 0 Å². The van der Waals surface area contributed by atoms with Crippen molar-refractivity contribution in [2.45, 2.75) is 69.6 Å². The number of nitrogens with two attached hydrogens (primary N) is 1. The monoisotopic (exact) mass is 398 g/mol. The molecule has 8 heteroatoms. The molecule has 1 aromatic rings. The van der Waals surface area contributed by atoms with Crippen molar-refractivity contribution in [3.8, 4) is 0 Å². The third kappa shape index (κ3) is 3.82. The minimum Gasteiger partial charge on any atom is -0.325 e. The topological polar surface area (TPSA) is 122 Å². The van der Waals surface area contributed by atoms with Crippen LogP contribution in [0.4, 0.5) is 0 Å². The van der Waals surface area contributed by atoms with E-state index in [4.69, 9.17) is 5.73 Å². The first kappa shape index (κ1) is 19.7. The summed E-state index contributed by atoms with van der Waals surface area (Å²) in [5.41, 5.74) is 7.63. The van der Waals surface area contributed by atoms with Gasteiger partial charge in [0, 0.05) is 24.5 Å². The molecule has 8 nitrogen and oxygen atoms in total. The Labute approximate surface area is 169 Å². The summed E-state index contributed by atoms with van der Waals surface area (Å²) in [4.78, 5) is 50.1. The van der Waals surface area contributed by atoms with Crippen LogP contribution in [0.2, 0.25) is 0 Å². The molecule has 1 aromatic carbocycles. The fourth-order valence-electron chi connectivity index (χ4n) is 4.37. The highest BCUT2D eigenvalue weighted by molar-refractivity contribution is 6.23. The van der Waals surface area contributed by atoms with E-state index in [-0.39, 0.29) is 24.3 Å². The van der Waals surface area contributed by atoms with E-state index >= 15 is 0 Å². The zero-order valence-corrected chi connectivity index (χ0v) is 16.5. The van der Waals surface area contributed by atoms with Crippen LogP contribution in [-0.2, 0) is 16.1 Å². The van der Waals surface area contributed by atoms with Gasteiger partial charge in [-0.3, -0.25) is 29.4 Å². The van der Waals surface area contributed by atoms with E-state index in [1.54, 1.807) is 12.1 Å². The molecular weight excluding hydrogens is 372 g/mol. The highest BCUT2D eigenvalue weighted by Crippen LogP contribution is 2.29. The van der Waals surface area contributed by atoms with E-state index in [1.807, 2.05) is 6.07 Å². The summed E-state index contributed by atoms with van der Waals surface area (Å²) in [5, 5.41) is 5.72. The Kier molecular flexibility index (Phi) is 5.00. The predicted octanol–water partition coefficient (Wildman–Crippen LogP) is 0.837. The lowest BCUT2D eigenvalue weighted by atomic mass is 9.81. The second kappa shape index (κ2) is 7.35. The lowest BCUT2D eigenvalue weighted by molar-refractivity contribution is -0.136. The summed E-state index contributed by atoms with van der Waals surface area (Å²) >= 11 is 0. The molecular formula is C21H26N4O4. The maximum Gasteiger partial charge on any atom is 0.262 e. The van der Waals surface area contributed by atoms with Gasteiger partial charge in [0.1, 0.15) is 6.04 Å². The zero-order chi connectivity index (χ0) is 20.8. The summed E-state index contributed by atoms with van der Waals surface area (Å²) in [5.74, 6) is -1.93. The van der Waals surface area contributed by atoms with Gasteiger partial charge in [-0.1, -0.05) is 6.07 Å². The van der Waals surface area contributed by atoms with Gasteiger partial charge in [0.05, 0.1) is 11.1 Å². The number of nitrogens with one attached hydrogen (secondary N) is 2. The maximum atomic E-state index is 12.9. The molecule has 154 valence electrons. The average molecular weight is 398 g/mol. The normalized spacial score (nSPS) is 29.8. The van der Waals surface area contributed by atoms with Crippen molar-refractivity contribution in [3.05, 3.63) is 34.9 Å². The van der Waals surface area contributed by atoms with E-state index in [9.17, 15) is 19.2 Å². The van der Waals surface area contributed by atoms with E-state index in [0.717, 1.165) is 36.1 Å². The number of hydrogen-bond donors (Lipinski definition) is 3. The molecule has 2 aliphatic heterocycles. The zero-order valence-electron chi connectivity index (χ0n) is 16.5. The molecule has 1 unspecified atom stereocenters. The number of nitrogens with zero attached hydrogens (tertiary/aromatic N) is 1. The van der Waals surface area contributed by atoms with Crippen molar-refractivity contribution < 1.29 is 19.2 Å². The summed E-state index contributed by atoms with van der Waals surface area (Å²) < 4.78 is 0. The van der Waals surface area contributed by atoms with Crippen molar-refractivity contribution in [2.75, 3.05) is 0 Å². The van der Waals surface area contributed by atoms with E-state index < -0.39 is 23.8 Å². The first-order valence-electron chi connectivity index (χ1n) is 10.1. The molecule has 29 heavy (non-hydrogen) atoms. The molecule has 4 amide bonds. The van der Waals surface area contributed by atoms with Gasteiger partial charge in [-0.15, -0.1) is 0 Å². The predicted molar refractivity (Wildman–Crippen MR) is 105 cm³/mol. The van der Waals surface area contributed by atoms with Gasteiger partial charge >= 0.3 is 0 Å². The number of carbonyl (C=O) groups excluding carboxylic acids is 4. The van der Waals surface area contributed by atoms with Crippen LogP contribution in [-0.4, -0.2) is 46.2 Å². The summed E-state index contributed by atoms with van der Waals surface area (Å²) in [6.07, 6.45) is 4.25. The van der Waals surface area contributed by atoms with Crippen molar-refractivity contribution >= 4 is 23.6 Å². The van der Waals surface area contributed by atoms with Crippen LogP contribution >= 0.6 is 0 Å². The highest BCUT2D eigenvalue weighted by atomic mass is 16.2. The summed E-state index contributed by atoms with van der Waals surface area (Å²) in [6.45, 7) is 2.68. The van der Waals surface area contributed by atoms with Gasteiger partial charge in [-0.05, 0) is 56.7 Å². The van der Waals surface area contributed by atoms with Gasteiger partial charge in [-0.2, -0.15) is 0 Å². The molecule has 2 fully saturated rings. The van der Waals surface area contributed by atoms with Crippen LogP contribution < -0.4 is 16.4 Å². The van der Waals surface area contributed by atoms with Crippen LogP contribution in [0, 0.1) is 0 Å². The lowest BCUT2D eigenvalue weighted by Gasteiger charge is -2.34.